The molecule has 57 heteroatoms. The van der Waals surface area contributed by atoms with Gasteiger partial charge in [-0.1, -0.05) is 20.8 Å². The highest BCUT2D eigenvalue weighted by Crippen LogP contribution is 2.45. The molecule has 8 N–H and O–H groups in total. The quantitative estimate of drug-likeness (QED) is 0.0160. The minimum atomic E-state index is -6.29. The van der Waals surface area contributed by atoms with Crippen molar-refractivity contribution in [2.24, 2.45) is 28.6 Å². The van der Waals surface area contributed by atoms with Crippen LogP contribution in [0.25, 0.3) is 0 Å². The van der Waals surface area contributed by atoms with Crippen molar-refractivity contribution >= 4 is 90.4 Å². The molecule has 1 amide bonds. The lowest BCUT2D eigenvalue weighted by Gasteiger charge is -2.53. The van der Waals surface area contributed by atoms with Gasteiger partial charge in [0.1, 0.15) is 59.5 Å². The molecule has 25 atom stereocenters. The fourth-order valence-corrected chi connectivity index (χ4v) is 16.6. The zero-order valence-corrected chi connectivity index (χ0v) is 63.6. The van der Waals surface area contributed by atoms with Crippen molar-refractivity contribution in [3.63, 3.8) is 0 Å². The minimum Gasteiger partial charge on any atom is -0.735 e. The normalized spacial score (nSPS) is 37.7. The number of hydrogen-bond acceptors (Lipinski definition) is 47. The van der Waals surface area contributed by atoms with E-state index in [4.69, 9.17) is 56.3 Å². The third-order valence-corrected chi connectivity index (χ3v) is 21.6. The highest BCUT2D eigenvalue weighted by atomic mass is 32.3. The summed E-state index contributed by atoms with van der Waals surface area (Å²) in [7, 11) is -39.7. The molecular formula is C51H82N3O47S7-9. The topological polar surface area (TPSA) is 783 Å². The van der Waals surface area contributed by atoms with Crippen molar-refractivity contribution in [1.29, 1.82) is 0 Å². The van der Waals surface area contributed by atoms with Crippen molar-refractivity contribution in [3.05, 3.63) is 0 Å². The summed E-state index contributed by atoms with van der Waals surface area (Å²) in [6.07, 6.45) is -31.6. The van der Waals surface area contributed by atoms with Gasteiger partial charge in [-0.15, -0.1) is 0 Å². The Labute approximate surface area is 619 Å². The molecule has 0 radical (unpaired) electrons. The summed E-state index contributed by atoms with van der Waals surface area (Å²) >= 11 is 0. The first-order valence-electron chi connectivity index (χ1n) is 31.5. The van der Waals surface area contributed by atoms with Crippen LogP contribution in [-0.4, -0.2) is 354 Å². The van der Waals surface area contributed by atoms with Crippen LogP contribution in [0, 0.1) is 28.6 Å². The maximum absolute atomic E-state index is 13.0. The van der Waals surface area contributed by atoms with Crippen molar-refractivity contribution in [1.82, 2.24) is 14.8 Å². The Hall–Kier alpha value is -3.14. The Kier molecular flexibility index (Phi) is 32.9. The molecule has 0 saturated carbocycles. The van der Waals surface area contributed by atoms with Gasteiger partial charge in [-0.2, -0.15) is 0 Å². The fourth-order valence-electron chi connectivity index (χ4n) is 13.3. The van der Waals surface area contributed by atoms with Gasteiger partial charge in [0.15, 0.2) is 20.6 Å². The number of nitrogens with one attached hydrogen (secondary N) is 3. The zero-order chi connectivity index (χ0) is 82.3. The Bertz CT molecular complexity index is 3890. The largest absolute Gasteiger partial charge is 0.735 e. The Morgan fingerprint density at radius 1 is 0.426 bits per heavy atom. The molecule has 634 valence electrons. The first-order valence-corrected chi connectivity index (χ1v) is 41.0. The van der Waals surface area contributed by atoms with Gasteiger partial charge in [-0.25, -0.2) is 68.4 Å². The first kappa shape index (κ1) is 95.4. The number of rotatable bonds is 42. The van der Waals surface area contributed by atoms with Crippen LogP contribution >= 0.6 is 0 Å². The number of carboxylic acids is 2. The average Bonchev–Trinajstić information content (AvgIpc) is 0.764. The molecule has 25 unspecified atom stereocenters. The second-order valence-corrected chi connectivity index (χ2v) is 34.3. The number of ether oxygens (including phenoxy) is 11. The number of aliphatic carboxylic acids is 2. The van der Waals surface area contributed by atoms with E-state index in [2.05, 4.69) is 22.0 Å². The molecule has 0 aliphatic carbocycles. The number of carbonyl (C=O) groups excluding carboxylic acids is 3. The van der Waals surface area contributed by atoms with Gasteiger partial charge in [0, 0.05) is 38.4 Å². The number of carboxylic acid groups (broad SMARTS) is 2. The van der Waals surface area contributed by atoms with E-state index < -0.39 is 319 Å². The summed E-state index contributed by atoms with van der Waals surface area (Å²) in [5, 5.41) is 86.5. The van der Waals surface area contributed by atoms with Gasteiger partial charge in [-0.05, 0) is 27.2 Å². The van der Waals surface area contributed by atoms with E-state index in [1.165, 1.54) is 18.8 Å². The summed E-state index contributed by atoms with van der Waals surface area (Å²) in [6, 6.07) is -6.20. The van der Waals surface area contributed by atoms with Crippen molar-refractivity contribution in [2.75, 3.05) is 99.6 Å². The van der Waals surface area contributed by atoms with Crippen LogP contribution in [-0.2, 0) is 160 Å². The molecular weight excluding hydrogens is 1630 g/mol. The zero-order valence-electron chi connectivity index (χ0n) is 57.9. The van der Waals surface area contributed by atoms with Gasteiger partial charge < -0.3 is 135 Å². The van der Waals surface area contributed by atoms with Crippen LogP contribution in [0.2, 0.25) is 0 Å². The average molecular weight is 1710 g/mol. The molecule has 5 aliphatic rings. The van der Waals surface area contributed by atoms with E-state index in [9.17, 15) is 141 Å². The monoisotopic (exact) mass is 1710 g/mol. The summed E-state index contributed by atoms with van der Waals surface area (Å²) < 4.78 is 341. The number of aliphatic hydroxyl groups excluding tert-OH is 5. The van der Waals surface area contributed by atoms with Crippen LogP contribution in [0.4, 0.5) is 0 Å². The molecule has 5 aliphatic heterocycles. The van der Waals surface area contributed by atoms with Crippen molar-refractivity contribution in [3.8, 4) is 0 Å². The smallest absolute Gasteiger partial charge is 0.218 e. The number of aliphatic hydroxyl groups is 5. The Morgan fingerprint density at radius 3 is 1.21 bits per heavy atom. The summed E-state index contributed by atoms with van der Waals surface area (Å²) in [6.45, 7) is -7.33. The standard InChI is InChI=1S/C51H91N3O47S7/c1-9-10-87-21-50(6)39(53-102(65,66)67)34(57)26(29(98-50)17-93-105(74,75)76)12-88-15-32-37(101-108(83,84)85)42(60)48(4,44(96-32)46(63)64)20-91-23-51(7)40(54-103(68,69)70)36(100-107(80,81)82)27(30(99-51)18-94-106(77,78)79)13-89-14-31-35(58)41(59)47(3,43(95-31)45(61)62)19-90-22-49(5)38(52-24(2)55)33(56)25(11-86-8)28(97-49)16-92-104(71,72)73/h25-44,53-54,56-60H,9-23H2,1-8H3,(H,52,55)(H,61,62)(H,63,64)(H,65,66,67)(H,68,69,70)(H,71,72,73)(H,74,75,76)(H,77,78,79)(H,80,81,82)(H,83,84,85)/p-9. The lowest BCUT2D eigenvalue weighted by Crippen LogP contribution is -2.71. The van der Waals surface area contributed by atoms with Gasteiger partial charge in [-0.3, -0.25) is 25.7 Å². The molecule has 0 bridgehead atoms. The maximum atomic E-state index is 13.0. The van der Waals surface area contributed by atoms with E-state index in [0.717, 1.165) is 20.8 Å². The minimum absolute atomic E-state index is 0.0374. The van der Waals surface area contributed by atoms with Crippen LogP contribution in [0.1, 0.15) is 54.9 Å². The molecule has 50 nitrogen and oxygen atoms in total. The highest BCUT2D eigenvalue weighted by Gasteiger charge is 2.61. The molecule has 5 heterocycles. The molecule has 108 heavy (non-hydrogen) atoms. The van der Waals surface area contributed by atoms with Crippen LogP contribution in [0.3, 0.4) is 0 Å². The lowest BCUT2D eigenvalue weighted by atomic mass is 9.73. The molecule has 5 rings (SSSR count). The van der Waals surface area contributed by atoms with Crippen LogP contribution in [0.5, 0.6) is 0 Å². The molecule has 0 spiro atoms. The first-order chi connectivity index (χ1) is 49.2. The number of amides is 1. The Morgan fingerprint density at radius 2 is 0.796 bits per heavy atom. The molecule has 0 aromatic carbocycles. The van der Waals surface area contributed by atoms with Crippen molar-refractivity contribution < 1.29 is 214 Å². The van der Waals surface area contributed by atoms with Crippen LogP contribution in [0.15, 0.2) is 0 Å². The van der Waals surface area contributed by atoms with Crippen molar-refractivity contribution in [2.45, 2.75) is 175 Å². The van der Waals surface area contributed by atoms with E-state index >= 15 is 0 Å². The van der Waals surface area contributed by atoms with E-state index in [-0.39, 0.29) is 13.2 Å². The molecule has 5 saturated heterocycles. The predicted octanol–water partition coefficient (Wildman–Crippen LogP) is -13.2. The summed E-state index contributed by atoms with van der Waals surface area (Å²) in [4.78, 5) is 38.3. The van der Waals surface area contributed by atoms with Gasteiger partial charge in [0.25, 0.3) is 0 Å². The maximum Gasteiger partial charge on any atom is 0.218 e. The third-order valence-electron chi connectivity index (χ3n) is 18.3. The lowest BCUT2D eigenvalue weighted by molar-refractivity contribution is -0.342. The van der Waals surface area contributed by atoms with E-state index in [0.29, 0.717) is 20.3 Å². The second-order valence-electron chi connectivity index (χ2n) is 26.9. The Balaban J connectivity index is 1.43. The summed E-state index contributed by atoms with van der Waals surface area (Å²) in [5.74, 6) is -10.6. The van der Waals surface area contributed by atoms with Gasteiger partial charge >= 0.3 is 0 Å². The number of methoxy groups -OCH3 is 1. The fraction of sp³-hybridized carbons (Fsp3) is 0.941. The SMILES string of the molecule is CCCOCC1(C)OC(COS(=O)(=O)[O-])C(COCC2OC(C(=O)[O-])C(C)(COCC3(C)OC(COS(=O)(=O)[O-])C(COCC4OC(C(=O)[O-])C(C)(COCC5(C)OC(COS(=O)(=O)[O-])C(COC)C(O)C5NC(C)=O)C(O)C4O)C(OS(=O)(=O)[O-])C3NS(=O)(=O)[O-])C(O)C2OS(=O)(=O)[O-])C(O)C1NS(=O)(=O)[O-]. The number of hydrogen-bond donors (Lipinski definition) is 8. The summed E-state index contributed by atoms with van der Waals surface area (Å²) in [5.41, 5.74) is -12.1. The molecule has 0 aromatic rings. The third kappa shape index (κ3) is 26.5. The van der Waals surface area contributed by atoms with Gasteiger partial charge in [0.2, 0.25) is 57.9 Å². The van der Waals surface area contributed by atoms with E-state index in [1.54, 1.807) is 11.6 Å². The van der Waals surface area contributed by atoms with Gasteiger partial charge in [0.05, 0.1) is 170 Å². The number of carbonyl (C=O) groups is 3. The highest BCUT2D eigenvalue weighted by molar-refractivity contribution is 7.84. The van der Waals surface area contributed by atoms with Crippen LogP contribution < -0.4 is 25.0 Å². The molecule has 0 aromatic heterocycles. The second kappa shape index (κ2) is 37.2. The molecule has 5 fully saturated rings. The van der Waals surface area contributed by atoms with E-state index in [1.807, 2.05) is 0 Å². The predicted molar refractivity (Wildman–Crippen MR) is 327 cm³/mol.